The van der Waals surface area contributed by atoms with E-state index >= 15 is 0 Å². The largest absolute Gasteiger partial charge is 0.490 e. The lowest BCUT2D eigenvalue weighted by atomic mass is 9.96. The van der Waals surface area contributed by atoms with Crippen molar-refractivity contribution in [2.24, 2.45) is 5.92 Å². The van der Waals surface area contributed by atoms with Gasteiger partial charge in [-0.1, -0.05) is 12.1 Å². The lowest BCUT2D eigenvalue weighted by Gasteiger charge is -2.15. The molecule has 0 saturated carbocycles. The standard InChI is InChI=1S/C19H20O6/c1-4-23-16-9-7-13(11-17(16)24-5-2)6-8-14(20)18-15(21)10-12(3)25-19(18)22/h6-11,18H,4-5H2,1-3H3/b8-6-/t18-/m1/s1. The van der Waals surface area contributed by atoms with E-state index in [1.165, 1.54) is 19.1 Å². The Morgan fingerprint density at radius 3 is 2.48 bits per heavy atom. The highest BCUT2D eigenvalue weighted by atomic mass is 16.5. The van der Waals surface area contributed by atoms with Gasteiger partial charge in [-0.3, -0.25) is 14.4 Å². The molecule has 0 bridgehead atoms. The molecule has 6 nitrogen and oxygen atoms in total. The molecule has 2 rings (SSSR count). The van der Waals surface area contributed by atoms with Gasteiger partial charge in [0.05, 0.1) is 13.2 Å². The Morgan fingerprint density at radius 2 is 1.84 bits per heavy atom. The number of ketones is 2. The van der Waals surface area contributed by atoms with Gasteiger partial charge in [-0.25, -0.2) is 0 Å². The summed E-state index contributed by atoms with van der Waals surface area (Å²) in [5.74, 6) is -2.10. The van der Waals surface area contributed by atoms with Crippen molar-refractivity contribution in [1.29, 1.82) is 0 Å². The highest BCUT2D eigenvalue weighted by Crippen LogP contribution is 2.29. The van der Waals surface area contributed by atoms with Crippen LogP contribution < -0.4 is 9.47 Å². The minimum Gasteiger partial charge on any atom is -0.490 e. The zero-order valence-electron chi connectivity index (χ0n) is 14.4. The van der Waals surface area contributed by atoms with Crippen molar-refractivity contribution in [3.05, 3.63) is 41.7 Å². The number of esters is 1. The van der Waals surface area contributed by atoms with E-state index in [4.69, 9.17) is 14.2 Å². The van der Waals surface area contributed by atoms with E-state index in [0.717, 1.165) is 6.08 Å². The molecule has 132 valence electrons. The van der Waals surface area contributed by atoms with Crippen molar-refractivity contribution in [2.75, 3.05) is 13.2 Å². The van der Waals surface area contributed by atoms with E-state index in [2.05, 4.69) is 0 Å². The molecule has 0 saturated heterocycles. The molecular weight excluding hydrogens is 324 g/mol. The fourth-order valence-corrected chi connectivity index (χ4v) is 2.35. The molecule has 0 aliphatic carbocycles. The second-order valence-corrected chi connectivity index (χ2v) is 5.32. The number of benzene rings is 1. The summed E-state index contributed by atoms with van der Waals surface area (Å²) in [5.41, 5.74) is 0.684. The first-order valence-corrected chi connectivity index (χ1v) is 8.01. The molecule has 1 aromatic carbocycles. The first-order valence-electron chi connectivity index (χ1n) is 8.01. The van der Waals surface area contributed by atoms with Gasteiger partial charge in [0.15, 0.2) is 29.0 Å². The number of hydrogen-bond donors (Lipinski definition) is 0. The molecule has 0 aromatic heterocycles. The smallest absolute Gasteiger partial charge is 0.329 e. The summed E-state index contributed by atoms with van der Waals surface area (Å²) in [6.45, 7) is 6.20. The lowest BCUT2D eigenvalue weighted by molar-refractivity contribution is -0.151. The third-order valence-corrected chi connectivity index (χ3v) is 3.42. The van der Waals surface area contributed by atoms with Crippen LogP contribution in [0, 0.1) is 5.92 Å². The third-order valence-electron chi connectivity index (χ3n) is 3.42. The normalized spacial score (nSPS) is 17.2. The summed E-state index contributed by atoms with van der Waals surface area (Å²) >= 11 is 0. The Morgan fingerprint density at radius 1 is 1.16 bits per heavy atom. The summed E-state index contributed by atoms with van der Waals surface area (Å²) in [6.07, 6.45) is 3.87. The summed E-state index contributed by atoms with van der Waals surface area (Å²) in [5, 5.41) is 0. The maximum absolute atomic E-state index is 12.2. The topological polar surface area (TPSA) is 78.9 Å². The number of ether oxygens (including phenoxy) is 3. The van der Waals surface area contributed by atoms with Crippen LogP contribution in [0.25, 0.3) is 6.08 Å². The average Bonchev–Trinajstić information content (AvgIpc) is 2.54. The van der Waals surface area contributed by atoms with Crippen LogP contribution in [-0.2, 0) is 19.1 Å². The van der Waals surface area contributed by atoms with Crippen molar-refractivity contribution >= 4 is 23.6 Å². The molecule has 0 unspecified atom stereocenters. The number of allylic oxidation sites excluding steroid dienone is 3. The predicted molar refractivity (Wildman–Crippen MR) is 91.2 cm³/mol. The second-order valence-electron chi connectivity index (χ2n) is 5.32. The summed E-state index contributed by atoms with van der Waals surface area (Å²) < 4.78 is 15.8. The Balaban J connectivity index is 2.18. The molecule has 1 atom stereocenters. The average molecular weight is 344 g/mol. The van der Waals surface area contributed by atoms with Gasteiger partial charge in [-0.2, -0.15) is 0 Å². The molecule has 0 fully saturated rings. The van der Waals surface area contributed by atoms with Crippen molar-refractivity contribution in [2.45, 2.75) is 20.8 Å². The van der Waals surface area contributed by atoms with E-state index in [0.29, 0.717) is 30.3 Å². The number of rotatable bonds is 7. The quantitative estimate of drug-likeness (QED) is 0.430. The van der Waals surface area contributed by atoms with E-state index in [1.807, 2.05) is 13.8 Å². The van der Waals surface area contributed by atoms with Crippen LogP contribution in [0.4, 0.5) is 0 Å². The van der Waals surface area contributed by atoms with Crippen molar-refractivity contribution in [3.63, 3.8) is 0 Å². The first kappa shape index (κ1) is 18.4. The summed E-state index contributed by atoms with van der Waals surface area (Å²) in [7, 11) is 0. The van der Waals surface area contributed by atoms with Gasteiger partial charge in [0, 0.05) is 6.08 Å². The fraction of sp³-hybridized carbons (Fsp3) is 0.316. The first-order chi connectivity index (χ1) is 12.0. The maximum Gasteiger partial charge on any atom is 0.329 e. The van der Waals surface area contributed by atoms with Crippen LogP contribution in [0.1, 0.15) is 26.3 Å². The number of cyclic esters (lactones) is 1. The predicted octanol–water partition coefficient (Wildman–Crippen LogP) is 2.71. The Kier molecular flexibility index (Phi) is 6.11. The molecular formula is C19H20O6. The Bertz CT molecular complexity index is 744. The second kappa shape index (κ2) is 8.28. The van der Waals surface area contributed by atoms with Gasteiger partial charge in [-0.05, 0) is 44.5 Å². The maximum atomic E-state index is 12.2. The molecule has 0 amide bonds. The molecule has 1 aromatic rings. The fourth-order valence-electron chi connectivity index (χ4n) is 2.35. The molecule has 1 aliphatic rings. The van der Waals surface area contributed by atoms with Crippen LogP contribution in [0.2, 0.25) is 0 Å². The highest BCUT2D eigenvalue weighted by molar-refractivity contribution is 6.25. The lowest BCUT2D eigenvalue weighted by Crippen LogP contribution is -2.34. The zero-order chi connectivity index (χ0) is 18.4. The summed E-state index contributed by atoms with van der Waals surface area (Å²) in [4.78, 5) is 35.8. The minimum absolute atomic E-state index is 0.191. The van der Waals surface area contributed by atoms with Gasteiger partial charge < -0.3 is 14.2 Å². The van der Waals surface area contributed by atoms with Crippen LogP contribution in [0.5, 0.6) is 11.5 Å². The van der Waals surface area contributed by atoms with E-state index < -0.39 is 23.5 Å². The molecule has 25 heavy (non-hydrogen) atoms. The summed E-state index contributed by atoms with van der Waals surface area (Å²) in [6, 6.07) is 5.22. The SMILES string of the molecule is CCOc1ccc(/C=C\C(=O)[C@@H]2C(=O)C=C(C)OC2=O)cc1OCC. The highest BCUT2D eigenvalue weighted by Gasteiger charge is 2.36. The molecule has 1 aliphatic heterocycles. The van der Waals surface area contributed by atoms with E-state index in [-0.39, 0.29) is 5.76 Å². The number of carbonyl (C=O) groups excluding carboxylic acids is 3. The molecule has 0 N–H and O–H groups in total. The van der Waals surface area contributed by atoms with Gasteiger partial charge in [-0.15, -0.1) is 0 Å². The molecule has 6 heteroatoms. The number of hydrogen-bond acceptors (Lipinski definition) is 6. The van der Waals surface area contributed by atoms with Crippen LogP contribution in [0.15, 0.2) is 36.1 Å². The number of carbonyl (C=O) groups is 3. The van der Waals surface area contributed by atoms with E-state index in [1.54, 1.807) is 18.2 Å². The van der Waals surface area contributed by atoms with Crippen molar-refractivity contribution in [1.82, 2.24) is 0 Å². The molecule has 0 radical (unpaired) electrons. The van der Waals surface area contributed by atoms with Crippen molar-refractivity contribution < 1.29 is 28.6 Å². The van der Waals surface area contributed by atoms with Crippen molar-refractivity contribution in [3.8, 4) is 11.5 Å². The van der Waals surface area contributed by atoms with Gasteiger partial charge >= 0.3 is 5.97 Å². The zero-order valence-corrected chi connectivity index (χ0v) is 14.4. The monoisotopic (exact) mass is 344 g/mol. The van der Waals surface area contributed by atoms with Crippen LogP contribution in [-0.4, -0.2) is 30.7 Å². The van der Waals surface area contributed by atoms with Gasteiger partial charge in [0.25, 0.3) is 0 Å². The van der Waals surface area contributed by atoms with Gasteiger partial charge in [0.1, 0.15) is 5.76 Å². The molecule has 1 heterocycles. The molecule has 0 spiro atoms. The minimum atomic E-state index is -1.44. The van der Waals surface area contributed by atoms with Gasteiger partial charge in [0.2, 0.25) is 0 Å². The van der Waals surface area contributed by atoms with Crippen LogP contribution in [0.3, 0.4) is 0 Å². The third kappa shape index (κ3) is 4.56. The Labute approximate surface area is 146 Å². The van der Waals surface area contributed by atoms with Crippen LogP contribution >= 0.6 is 0 Å². The Hall–Kier alpha value is -2.89. The van der Waals surface area contributed by atoms with E-state index in [9.17, 15) is 14.4 Å².